The quantitative estimate of drug-likeness (QED) is 0.660. The van der Waals surface area contributed by atoms with E-state index >= 15 is 0 Å². The molecule has 2 fully saturated rings. The third kappa shape index (κ3) is 1.76. The zero-order valence-corrected chi connectivity index (χ0v) is 12.8. The summed E-state index contributed by atoms with van der Waals surface area (Å²) >= 11 is 5.85. The maximum Gasteiger partial charge on any atom is 0.337 e. The van der Waals surface area contributed by atoms with Gasteiger partial charge >= 0.3 is 5.97 Å². The molecule has 3 aliphatic rings. The summed E-state index contributed by atoms with van der Waals surface area (Å²) in [5.74, 6) is -3.08. The van der Waals surface area contributed by atoms with Crippen molar-refractivity contribution >= 4 is 35.1 Å². The summed E-state index contributed by atoms with van der Waals surface area (Å²) in [4.78, 5) is 37.7. The van der Waals surface area contributed by atoms with Crippen LogP contribution in [0.4, 0.5) is 5.69 Å². The standard InChI is InChI=1S/C16H12ClNO5/c1-16-5-4-10(23-16)11-12(16)14(20)18(13(11)19)7-2-3-9(17)8(6-7)15(21)22/h2-6,10-12H,1H3,(H,21,22)/t10-,11+,12-,16-/m1/s1. The number of hydrogen-bond acceptors (Lipinski definition) is 4. The average Bonchev–Trinajstić information content (AvgIpc) is 3.09. The van der Waals surface area contributed by atoms with Gasteiger partial charge in [0.2, 0.25) is 11.8 Å². The Balaban J connectivity index is 1.78. The van der Waals surface area contributed by atoms with Crippen molar-refractivity contribution in [1.29, 1.82) is 0 Å². The third-order valence-corrected chi connectivity index (χ3v) is 5.10. The van der Waals surface area contributed by atoms with Crippen molar-refractivity contribution < 1.29 is 24.2 Å². The number of amides is 2. The van der Waals surface area contributed by atoms with E-state index in [9.17, 15) is 14.4 Å². The van der Waals surface area contributed by atoms with E-state index < -0.39 is 29.5 Å². The molecule has 0 saturated carbocycles. The summed E-state index contributed by atoms with van der Waals surface area (Å²) in [6.07, 6.45) is 3.22. The van der Waals surface area contributed by atoms with Gasteiger partial charge in [-0.1, -0.05) is 23.8 Å². The Hall–Kier alpha value is -2.18. The van der Waals surface area contributed by atoms with Gasteiger partial charge in [-0.3, -0.25) is 9.59 Å². The molecule has 1 aromatic carbocycles. The van der Waals surface area contributed by atoms with E-state index in [1.165, 1.54) is 18.2 Å². The zero-order valence-electron chi connectivity index (χ0n) is 12.0. The van der Waals surface area contributed by atoms with Gasteiger partial charge in [0.15, 0.2) is 0 Å². The number of carboxylic acids is 1. The molecule has 2 saturated heterocycles. The van der Waals surface area contributed by atoms with Crippen molar-refractivity contribution in [3.05, 3.63) is 40.9 Å². The van der Waals surface area contributed by atoms with Crippen molar-refractivity contribution in [3.8, 4) is 0 Å². The highest BCUT2D eigenvalue weighted by molar-refractivity contribution is 6.34. The van der Waals surface area contributed by atoms with Crippen molar-refractivity contribution in [2.75, 3.05) is 4.90 Å². The van der Waals surface area contributed by atoms with E-state index in [-0.39, 0.29) is 28.1 Å². The van der Waals surface area contributed by atoms with Gasteiger partial charge in [0.1, 0.15) is 0 Å². The van der Waals surface area contributed by atoms with Crippen molar-refractivity contribution in [1.82, 2.24) is 0 Å². The molecule has 6 nitrogen and oxygen atoms in total. The Bertz CT molecular complexity index is 804. The maximum atomic E-state index is 12.8. The lowest BCUT2D eigenvalue weighted by atomic mass is 9.78. The minimum atomic E-state index is -1.21. The fraction of sp³-hybridized carbons (Fsp3) is 0.312. The molecule has 23 heavy (non-hydrogen) atoms. The van der Waals surface area contributed by atoms with Crippen LogP contribution in [-0.4, -0.2) is 34.6 Å². The number of imide groups is 1. The fourth-order valence-corrected chi connectivity index (χ4v) is 3.92. The SMILES string of the molecule is C[C@]12C=C[C@@H](O1)[C@@H]1C(=O)N(c3ccc(Cl)c(C(=O)O)c3)C(=O)[C@@H]12. The number of aromatic carboxylic acids is 1. The molecule has 0 radical (unpaired) electrons. The molecule has 2 bridgehead atoms. The molecular formula is C16H12ClNO5. The van der Waals surface area contributed by atoms with Gasteiger partial charge in [-0.25, -0.2) is 9.69 Å². The van der Waals surface area contributed by atoms with Gasteiger partial charge in [0, 0.05) is 0 Å². The summed E-state index contributed by atoms with van der Waals surface area (Å²) in [7, 11) is 0. The van der Waals surface area contributed by atoms with Gasteiger partial charge in [-0.15, -0.1) is 0 Å². The molecule has 1 N–H and O–H groups in total. The van der Waals surface area contributed by atoms with Crippen LogP contribution >= 0.6 is 11.6 Å². The van der Waals surface area contributed by atoms with Crippen molar-refractivity contribution in [2.45, 2.75) is 18.6 Å². The summed E-state index contributed by atoms with van der Waals surface area (Å²) in [6.45, 7) is 1.79. The number of fused-ring (bicyclic) bond motifs is 5. The first-order valence-electron chi connectivity index (χ1n) is 7.11. The molecule has 7 heteroatoms. The van der Waals surface area contributed by atoms with Crippen LogP contribution in [0.15, 0.2) is 30.4 Å². The minimum Gasteiger partial charge on any atom is -0.478 e. The monoisotopic (exact) mass is 333 g/mol. The summed E-state index contributed by atoms with van der Waals surface area (Å²) in [6, 6.07) is 4.10. The van der Waals surface area contributed by atoms with Crippen LogP contribution in [0.2, 0.25) is 5.02 Å². The Morgan fingerprint density at radius 1 is 1.35 bits per heavy atom. The highest BCUT2D eigenvalue weighted by Crippen LogP contribution is 2.52. The second-order valence-corrected chi connectivity index (χ2v) is 6.52. The van der Waals surface area contributed by atoms with Crippen LogP contribution in [0.1, 0.15) is 17.3 Å². The number of carbonyl (C=O) groups is 3. The molecule has 1 aromatic rings. The summed E-state index contributed by atoms with van der Waals surface area (Å²) < 4.78 is 5.74. The second-order valence-electron chi connectivity index (χ2n) is 6.11. The number of rotatable bonds is 2. The number of anilines is 1. The lowest BCUT2D eigenvalue weighted by Crippen LogP contribution is -2.38. The number of carbonyl (C=O) groups excluding carboxylic acids is 2. The predicted molar refractivity (Wildman–Crippen MR) is 80.3 cm³/mol. The smallest absolute Gasteiger partial charge is 0.337 e. The molecule has 4 rings (SSSR count). The van der Waals surface area contributed by atoms with Gasteiger partial charge < -0.3 is 9.84 Å². The summed E-state index contributed by atoms with van der Waals surface area (Å²) in [5, 5.41) is 9.21. The molecule has 0 unspecified atom stereocenters. The number of halogens is 1. The molecule has 2 amide bonds. The highest BCUT2D eigenvalue weighted by Gasteiger charge is 2.66. The lowest BCUT2D eigenvalue weighted by molar-refractivity contribution is -0.126. The molecule has 0 spiro atoms. The van der Waals surface area contributed by atoms with Crippen LogP contribution in [0.3, 0.4) is 0 Å². The maximum absolute atomic E-state index is 12.8. The first-order chi connectivity index (χ1) is 10.8. The molecule has 0 aliphatic carbocycles. The molecule has 118 valence electrons. The number of ether oxygens (including phenoxy) is 1. The fourth-order valence-electron chi connectivity index (χ4n) is 3.72. The van der Waals surface area contributed by atoms with Crippen LogP contribution in [0.5, 0.6) is 0 Å². The number of hydrogen-bond donors (Lipinski definition) is 1. The van der Waals surface area contributed by atoms with Crippen LogP contribution < -0.4 is 4.90 Å². The Labute approximate surface area is 136 Å². The molecule has 0 aromatic heterocycles. The van der Waals surface area contributed by atoms with Crippen LogP contribution in [-0.2, 0) is 14.3 Å². The molecule has 3 heterocycles. The lowest BCUT2D eigenvalue weighted by Gasteiger charge is -2.24. The van der Waals surface area contributed by atoms with E-state index in [1.807, 2.05) is 6.08 Å². The Kier molecular flexibility index (Phi) is 2.77. The molecular weight excluding hydrogens is 322 g/mol. The van der Waals surface area contributed by atoms with Gasteiger partial charge in [0.25, 0.3) is 0 Å². The predicted octanol–water partition coefficient (Wildman–Crippen LogP) is 1.87. The molecule has 4 atom stereocenters. The van der Waals surface area contributed by atoms with E-state index in [4.69, 9.17) is 21.4 Å². The summed E-state index contributed by atoms with van der Waals surface area (Å²) in [5.41, 5.74) is -0.705. The number of carboxylic acid groups (broad SMARTS) is 1. The van der Waals surface area contributed by atoms with E-state index in [0.717, 1.165) is 4.90 Å². The largest absolute Gasteiger partial charge is 0.478 e. The van der Waals surface area contributed by atoms with E-state index in [2.05, 4.69) is 0 Å². The number of nitrogens with zero attached hydrogens (tertiary/aromatic N) is 1. The van der Waals surface area contributed by atoms with Gasteiger partial charge in [-0.2, -0.15) is 0 Å². The Morgan fingerprint density at radius 2 is 2.09 bits per heavy atom. The average molecular weight is 334 g/mol. The third-order valence-electron chi connectivity index (χ3n) is 4.77. The zero-order chi connectivity index (χ0) is 16.5. The van der Waals surface area contributed by atoms with E-state index in [1.54, 1.807) is 13.0 Å². The Morgan fingerprint density at radius 3 is 2.74 bits per heavy atom. The van der Waals surface area contributed by atoms with Gasteiger partial charge in [-0.05, 0) is 25.1 Å². The van der Waals surface area contributed by atoms with E-state index in [0.29, 0.717) is 0 Å². The number of benzene rings is 1. The van der Waals surface area contributed by atoms with Crippen LogP contribution in [0, 0.1) is 11.8 Å². The van der Waals surface area contributed by atoms with Crippen molar-refractivity contribution in [3.63, 3.8) is 0 Å². The van der Waals surface area contributed by atoms with Gasteiger partial charge in [0.05, 0.1) is 39.8 Å². The highest BCUT2D eigenvalue weighted by atomic mass is 35.5. The molecule has 3 aliphatic heterocycles. The normalized spacial score (nSPS) is 34.3. The van der Waals surface area contributed by atoms with Crippen LogP contribution in [0.25, 0.3) is 0 Å². The first-order valence-corrected chi connectivity index (χ1v) is 7.49. The van der Waals surface area contributed by atoms with Crippen molar-refractivity contribution in [2.24, 2.45) is 11.8 Å². The topological polar surface area (TPSA) is 83.9 Å². The minimum absolute atomic E-state index is 0.0533. The second kappa shape index (κ2) is 4.43. The first kappa shape index (κ1) is 14.4.